The van der Waals surface area contributed by atoms with E-state index in [0.717, 1.165) is 16.8 Å². The summed E-state index contributed by atoms with van der Waals surface area (Å²) < 4.78 is 5.16. The van der Waals surface area contributed by atoms with Crippen LogP contribution in [0.2, 0.25) is 0 Å². The number of rotatable bonds is 6. The Labute approximate surface area is 148 Å². The molecule has 3 heterocycles. The van der Waals surface area contributed by atoms with Gasteiger partial charge in [0.25, 0.3) is 5.56 Å². The van der Waals surface area contributed by atoms with Crippen molar-refractivity contribution in [3.05, 3.63) is 56.0 Å². The highest BCUT2D eigenvalue weighted by molar-refractivity contribution is 7.08. The van der Waals surface area contributed by atoms with Crippen molar-refractivity contribution in [3.8, 4) is 11.4 Å². The Bertz CT molecular complexity index is 928. The van der Waals surface area contributed by atoms with E-state index in [2.05, 4.69) is 20.4 Å². The van der Waals surface area contributed by atoms with Gasteiger partial charge in [0.2, 0.25) is 17.6 Å². The third-order valence-corrected chi connectivity index (χ3v) is 4.45. The number of H-pyrrole nitrogens is 1. The summed E-state index contributed by atoms with van der Waals surface area (Å²) in [6.45, 7) is 3.88. The fourth-order valence-corrected chi connectivity index (χ4v) is 3.10. The first kappa shape index (κ1) is 17.1. The SMILES string of the molecule is Cc1cc(C)c(CNC(=O)CCc2nc(-c3ccsc3)no2)c(=O)[nH]1. The van der Waals surface area contributed by atoms with Gasteiger partial charge in [-0.05, 0) is 36.9 Å². The lowest BCUT2D eigenvalue weighted by Crippen LogP contribution is -2.28. The van der Waals surface area contributed by atoms with Crippen LogP contribution in [0.4, 0.5) is 0 Å². The van der Waals surface area contributed by atoms with Crippen LogP contribution in [0.25, 0.3) is 11.4 Å². The summed E-state index contributed by atoms with van der Waals surface area (Å²) in [4.78, 5) is 30.9. The van der Waals surface area contributed by atoms with Gasteiger partial charge in [-0.2, -0.15) is 16.3 Å². The standard InChI is InChI=1S/C17H18N4O3S/c1-10-7-11(2)19-17(23)13(10)8-18-14(22)3-4-15-20-16(21-24-15)12-5-6-25-9-12/h5-7,9H,3-4,8H2,1-2H3,(H,18,22)(H,19,23). The Morgan fingerprint density at radius 2 is 2.24 bits per heavy atom. The molecule has 0 spiro atoms. The van der Waals surface area contributed by atoms with Crippen LogP contribution in [-0.4, -0.2) is 21.0 Å². The minimum atomic E-state index is -0.172. The smallest absolute Gasteiger partial charge is 0.253 e. The zero-order chi connectivity index (χ0) is 17.8. The van der Waals surface area contributed by atoms with E-state index in [4.69, 9.17) is 4.52 Å². The molecule has 3 aromatic rings. The van der Waals surface area contributed by atoms with Crippen molar-refractivity contribution in [2.75, 3.05) is 0 Å². The van der Waals surface area contributed by atoms with Gasteiger partial charge in [-0.15, -0.1) is 0 Å². The molecule has 0 aliphatic rings. The summed E-state index contributed by atoms with van der Waals surface area (Å²) >= 11 is 1.56. The molecule has 2 N–H and O–H groups in total. The van der Waals surface area contributed by atoms with Crippen LogP contribution in [0.1, 0.15) is 29.1 Å². The highest BCUT2D eigenvalue weighted by Gasteiger charge is 2.12. The van der Waals surface area contributed by atoms with Gasteiger partial charge in [0.1, 0.15) is 0 Å². The van der Waals surface area contributed by atoms with Crippen LogP contribution >= 0.6 is 11.3 Å². The molecule has 0 fully saturated rings. The monoisotopic (exact) mass is 358 g/mol. The summed E-state index contributed by atoms with van der Waals surface area (Å²) in [6.07, 6.45) is 0.570. The van der Waals surface area contributed by atoms with Gasteiger partial charge < -0.3 is 14.8 Å². The topological polar surface area (TPSA) is 101 Å². The lowest BCUT2D eigenvalue weighted by Gasteiger charge is -2.07. The maximum Gasteiger partial charge on any atom is 0.253 e. The average molecular weight is 358 g/mol. The molecule has 0 atom stereocenters. The maximum atomic E-state index is 12.0. The van der Waals surface area contributed by atoms with E-state index in [1.807, 2.05) is 36.7 Å². The number of hydrogen-bond donors (Lipinski definition) is 2. The molecule has 0 bridgehead atoms. The van der Waals surface area contributed by atoms with Gasteiger partial charge in [-0.3, -0.25) is 9.59 Å². The fourth-order valence-electron chi connectivity index (χ4n) is 2.46. The molecule has 0 aliphatic heterocycles. The van der Waals surface area contributed by atoms with Gasteiger partial charge in [0.05, 0.1) is 0 Å². The molecule has 3 rings (SSSR count). The minimum Gasteiger partial charge on any atom is -0.352 e. The number of aryl methyl sites for hydroxylation is 3. The van der Waals surface area contributed by atoms with E-state index < -0.39 is 0 Å². The van der Waals surface area contributed by atoms with Crippen molar-refractivity contribution in [3.63, 3.8) is 0 Å². The lowest BCUT2D eigenvalue weighted by molar-refractivity contribution is -0.121. The molecule has 0 aliphatic carbocycles. The first-order valence-electron chi connectivity index (χ1n) is 7.84. The Morgan fingerprint density at radius 1 is 1.40 bits per heavy atom. The molecule has 8 heteroatoms. The van der Waals surface area contributed by atoms with Crippen LogP contribution < -0.4 is 10.9 Å². The summed E-state index contributed by atoms with van der Waals surface area (Å²) in [7, 11) is 0. The second-order valence-corrected chi connectivity index (χ2v) is 6.52. The Hall–Kier alpha value is -2.74. The number of aromatic nitrogens is 3. The number of amides is 1. The molecule has 1 amide bonds. The van der Waals surface area contributed by atoms with Gasteiger partial charge >= 0.3 is 0 Å². The van der Waals surface area contributed by atoms with Crippen molar-refractivity contribution >= 4 is 17.2 Å². The van der Waals surface area contributed by atoms with Crippen molar-refractivity contribution in [1.29, 1.82) is 0 Å². The quantitative estimate of drug-likeness (QED) is 0.704. The molecular formula is C17H18N4O3S. The maximum absolute atomic E-state index is 12.0. The van der Waals surface area contributed by atoms with Crippen molar-refractivity contribution in [1.82, 2.24) is 20.4 Å². The van der Waals surface area contributed by atoms with Crippen LogP contribution in [0.15, 0.2) is 32.2 Å². The van der Waals surface area contributed by atoms with Crippen molar-refractivity contribution in [2.45, 2.75) is 33.2 Å². The van der Waals surface area contributed by atoms with Gasteiger partial charge in [-0.25, -0.2) is 0 Å². The molecule has 0 radical (unpaired) electrons. The van der Waals surface area contributed by atoms with E-state index in [-0.39, 0.29) is 24.4 Å². The molecule has 0 unspecified atom stereocenters. The van der Waals surface area contributed by atoms with Crippen LogP contribution in [0.5, 0.6) is 0 Å². The summed E-state index contributed by atoms with van der Waals surface area (Å²) in [5.74, 6) is 0.772. The zero-order valence-electron chi connectivity index (χ0n) is 14.0. The second-order valence-electron chi connectivity index (χ2n) is 5.74. The van der Waals surface area contributed by atoms with Crippen LogP contribution in [-0.2, 0) is 17.8 Å². The number of carbonyl (C=O) groups excluding carboxylic acids is 1. The largest absolute Gasteiger partial charge is 0.352 e. The normalized spacial score (nSPS) is 10.8. The van der Waals surface area contributed by atoms with Crippen molar-refractivity contribution in [2.24, 2.45) is 0 Å². The third kappa shape index (κ3) is 4.21. The highest BCUT2D eigenvalue weighted by atomic mass is 32.1. The average Bonchev–Trinajstić information content (AvgIpc) is 3.23. The van der Waals surface area contributed by atoms with E-state index in [1.54, 1.807) is 11.3 Å². The number of pyridine rings is 1. The molecule has 0 saturated heterocycles. The molecule has 3 aromatic heterocycles. The summed E-state index contributed by atoms with van der Waals surface area (Å²) in [6, 6.07) is 3.79. The highest BCUT2D eigenvalue weighted by Crippen LogP contribution is 2.18. The number of nitrogens with one attached hydrogen (secondary N) is 2. The van der Waals surface area contributed by atoms with E-state index in [1.165, 1.54) is 0 Å². The molecule has 130 valence electrons. The molecule has 25 heavy (non-hydrogen) atoms. The fraction of sp³-hybridized carbons (Fsp3) is 0.294. The Morgan fingerprint density at radius 3 is 2.96 bits per heavy atom. The second kappa shape index (κ2) is 7.43. The van der Waals surface area contributed by atoms with Gasteiger partial charge in [0, 0.05) is 41.6 Å². The predicted molar refractivity (Wildman–Crippen MR) is 94.3 cm³/mol. The minimum absolute atomic E-state index is 0.171. The van der Waals surface area contributed by atoms with Crippen LogP contribution in [0.3, 0.4) is 0 Å². The number of thiophene rings is 1. The summed E-state index contributed by atoms with van der Waals surface area (Å²) in [5, 5.41) is 10.5. The first-order chi connectivity index (χ1) is 12.0. The first-order valence-corrected chi connectivity index (χ1v) is 8.78. The number of hydrogen-bond acceptors (Lipinski definition) is 6. The molecule has 0 aromatic carbocycles. The Kier molecular flexibility index (Phi) is 5.08. The number of carbonyl (C=O) groups is 1. The number of aromatic amines is 1. The van der Waals surface area contributed by atoms with E-state index in [0.29, 0.717) is 23.7 Å². The molecule has 7 nitrogen and oxygen atoms in total. The molecule has 0 saturated carbocycles. The predicted octanol–water partition coefficient (Wildman–Crippen LogP) is 2.35. The van der Waals surface area contributed by atoms with Gasteiger partial charge in [-0.1, -0.05) is 5.16 Å². The van der Waals surface area contributed by atoms with E-state index in [9.17, 15) is 9.59 Å². The molecular weight excluding hydrogens is 340 g/mol. The number of nitrogens with zero attached hydrogens (tertiary/aromatic N) is 2. The Balaban J connectivity index is 1.53. The van der Waals surface area contributed by atoms with Gasteiger partial charge in [0.15, 0.2) is 0 Å². The van der Waals surface area contributed by atoms with E-state index >= 15 is 0 Å². The van der Waals surface area contributed by atoms with Crippen molar-refractivity contribution < 1.29 is 9.32 Å². The van der Waals surface area contributed by atoms with Crippen LogP contribution in [0, 0.1) is 13.8 Å². The zero-order valence-corrected chi connectivity index (χ0v) is 14.8. The third-order valence-electron chi connectivity index (χ3n) is 3.77. The lowest BCUT2D eigenvalue weighted by atomic mass is 10.1. The summed E-state index contributed by atoms with van der Waals surface area (Å²) in [5.41, 5.74) is 2.96.